The molecule has 9 nitrogen and oxygen atoms in total. The zero-order chi connectivity index (χ0) is 22.3. The van der Waals surface area contributed by atoms with Crippen LogP contribution >= 0.6 is 23.3 Å². The minimum absolute atomic E-state index is 0.143. The number of halogens is 1. The van der Waals surface area contributed by atoms with Crippen molar-refractivity contribution in [3.05, 3.63) is 65.4 Å². The van der Waals surface area contributed by atoms with Crippen molar-refractivity contribution < 1.29 is 13.2 Å². The van der Waals surface area contributed by atoms with E-state index in [1.807, 2.05) is 18.2 Å². The number of para-hydroxylation sites is 1. The van der Waals surface area contributed by atoms with Gasteiger partial charge in [-0.15, -0.1) is 0 Å². The van der Waals surface area contributed by atoms with E-state index < -0.39 is 10.0 Å². The largest absolute Gasteiger partial charge is 0.336 e. The number of carbonyl (C=O) groups is 1. The number of amides is 1. The van der Waals surface area contributed by atoms with E-state index in [1.54, 1.807) is 40.0 Å². The third-order valence-corrected chi connectivity index (χ3v) is 8.11. The van der Waals surface area contributed by atoms with Crippen molar-refractivity contribution in [2.24, 2.45) is 0 Å². The summed E-state index contributed by atoms with van der Waals surface area (Å²) in [6, 6.07) is 12.2. The first-order chi connectivity index (χ1) is 15.4. The minimum atomic E-state index is -3.74. The molecule has 1 saturated heterocycles. The molecule has 2 aromatic heterocycles. The summed E-state index contributed by atoms with van der Waals surface area (Å²) < 4.78 is 37.5. The lowest BCUT2D eigenvalue weighted by molar-refractivity contribution is 0.0698. The van der Waals surface area contributed by atoms with Crippen LogP contribution in [0.3, 0.4) is 0 Å². The molecule has 1 amide bonds. The molecule has 4 aromatic rings. The van der Waals surface area contributed by atoms with E-state index in [1.165, 1.54) is 10.5 Å². The second-order valence-electron chi connectivity index (χ2n) is 7.21. The molecule has 0 saturated carbocycles. The Hall–Kier alpha value is -2.86. The van der Waals surface area contributed by atoms with Crippen LogP contribution in [-0.2, 0) is 10.0 Å². The van der Waals surface area contributed by atoms with Crippen molar-refractivity contribution >= 4 is 50.3 Å². The monoisotopic (exact) mass is 488 g/mol. The Morgan fingerprint density at radius 1 is 1.00 bits per heavy atom. The SMILES string of the molecule is O=C(c1cnn(-c2ccccc2Cl)c1)N1CCN(S(=O)(=O)c2cccc3nsnc23)CC1. The standard InChI is InChI=1S/C20H17ClN6O3S2/c21-15-4-1-2-6-17(15)27-13-14(12-22-27)20(28)25-8-10-26(11-9-25)32(29,30)18-7-3-5-16-19(18)24-31-23-16/h1-7,12-13H,8-11H2. The summed E-state index contributed by atoms with van der Waals surface area (Å²) in [7, 11) is -3.74. The van der Waals surface area contributed by atoms with Crippen molar-refractivity contribution in [3.8, 4) is 5.69 Å². The van der Waals surface area contributed by atoms with Gasteiger partial charge in [-0.1, -0.05) is 29.8 Å². The van der Waals surface area contributed by atoms with Crippen LogP contribution in [0.5, 0.6) is 0 Å². The van der Waals surface area contributed by atoms with Crippen molar-refractivity contribution in [2.45, 2.75) is 4.90 Å². The molecule has 1 fully saturated rings. The van der Waals surface area contributed by atoms with E-state index in [-0.39, 0.29) is 37.0 Å². The molecule has 12 heteroatoms. The van der Waals surface area contributed by atoms with Crippen molar-refractivity contribution in [1.29, 1.82) is 0 Å². The number of nitrogens with zero attached hydrogens (tertiary/aromatic N) is 6. The lowest BCUT2D eigenvalue weighted by Gasteiger charge is -2.33. The van der Waals surface area contributed by atoms with Crippen molar-refractivity contribution in [2.75, 3.05) is 26.2 Å². The van der Waals surface area contributed by atoms with Crippen LogP contribution in [0.1, 0.15) is 10.4 Å². The fourth-order valence-electron chi connectivity index (χ4n) is 3.65. The van der Waals surface area contributed by atoms with Crippen LogP contribution < -0.4 is 0 Å². The maximum Gasteiger partial charge on any atom is 0.257 e. The Bertz CT molecular complexity index is 1410. The number of hydrogen-bond donors (Lipinski definition) is 0. The highest BCUT2D eigenvalue weighted by molar-refractivity contribution is 7.89. The van der Waals surface area contributed by atoms with E-state index in [4.69, 9.17) is 11.6 Å². The first-order valence-corrected chi connectivity index (χ1v) is 12.3. The van der Waals surface area contributed by atoms with Gasteiger partial charge in [0.2, 0.25) is 10.0 Å². The number of rotatable bonds is 4. The van der Waals surface area contributed by atoms with Crippen molar-refractivity contribution in [1.82, 2.24) is 27.7 Å². The fraction of sp³-hybridized carbons (Fsp3) is 0.200. The molecule has 0 spiro atoms. The van der Waals surface area contributed by atoms with Gasteiger partial charge in [0, 0.05) is 32.4 Å². The van der Waals surface area contributed by atoms with Gasteiger partial charge in [-0.3, -0.25) is 4.79 Å². The Labute approximate surface area is 193 Å². The van der Waals surface area contributed by atoms with E-state index in [2.05, 4.69) is 13.8 Å². The zero-order valence-corrected chi connectivity index (χ0v) is 19.0. The van der Waals surface area contributed by atoms with Gasteiger partial charge in [-0.2, -0.15) is 18.2 Å². The summed E-state index contributed by atoms with van der Waals surface area (Å²) >= 11 is 7.19. The summed E-state index contributed by atoms with van der Waals surface area (Å²) in [6.07, 6.45) is 3.12. The summed E-state index contributed by atoms with van der Waals surface area (Å²) in [6.45, 7) is 0.947. The number of sulfonamides is 1. The molecule has 0 bridgehead atoms. The van der Waals surface area contributed by atoms with E-state index in [0.29, 0.717) is 27.3 Å². The molecule has 0 atom stereocenters. The van der Waals surface area contributed by atoms with E-state index >= 15 is 0 Å². The number of piperazine rings is 1. The second-order valence-corrected chi connectivity index (χ2v) is 10.1. The van der Waals surface area contributed by atoms with Crippen LogP contribution in [0, 0.1) is 0 Å². The minimum Gasteiger partial charge on any atom is -0.336 e. The maximum atomic E-state index is 13.2. The van der Waals surface area contributed by atoms with Crippen LogP contribution in [-0.4, -0.2) is 68.2 Å². The van der Waals surface area contributed by atoms with Gasteiger partial charge in [-0.05, 0) is 24.3 Å². The van der Waals surface area contributed by atoms with Gasteiger partial charge in [-0.25, -0.2) is 13.1 Å². The molecule has 32 heavy (non-hydrogen) atoms. The lowest BCUT2D eigenvalue weighted by Crippen LogP contribution is -2.50. The first-order valence-electron chi connectivity index (χ1n) is 9.75. The van der Waals surface area contributed by atoms with E-state index in [9.17, 15) is 13.2 Å². The summed E-state index contributed by atoms with van der Waals surface area (Å²) in [5, 5.41) is 4.77. The normalized spacial score (nSPS) is 15.3. The van der Waals surface area contributed by atoms with Gasteiger partial charge >= 0.3 is 0 Å². The van der Waals surface area contributed by atoms with Gasteiger partial charge < -0.3 is 4.90 Å². The molecule has 0 N–H and O–H groups in total. The fourth-order valence-corrected chi connectivity index (χ4v) is 6.04. The Balaban J connectivity index is 1.30. The molecule has 0 unspecified atom stereocenters. The highest BCUT2D eigenvalue weighted by Gasteiger charge is 2.32. The number of carbonyl (C=O) groups excluding carboxylic acids is 1. The summed E-state index contributed by atoms with van der Waals surface area (Å²) in [5.41, 5.74) is 2.03. The molecule has 2 aromatic carbocycles. The van der Waals surface area contributed by atoms with Crippen LogP contribution in [0.15, 0.2) is 59.8 Å². The summed E-state index contributed by atoms with van der Waals surface area (Å²) in [5.74, 6) is -0.203. The topological polar surface area (TPSA) is 101 Å². The Morgan fingerprint density at radius 2 is 1.78 bits per heavy atom. The maximum absolute atomic E-state index is 13.2. The number of fused-ring (bicyclic) bond motifs is 1. The van der Waals surface area contributed by atoms with Gasteiger partial charge in [0.15, 0.2) is 0 Å². The molecule has 0 aliphatic carbocycles. The Kier molecular flexibility index (Phi) is 5.41. The molecule has 1 aliphatic heterocycles. The van der Waals surface area contributed by atoms with Crippen LogP contribution in [0.4, 0.5) is 0 Å². The van der Waals surface area contributed by atoms with Crippen molar-refractivity contribution in [3.63, 3.8) is 0 Å². The zero-order valence-electron chi connectivity index (χ0n) is 16.6. The average Bonchev–Trinajstić information content (AvgIpc) is 3.48. The number of benzene rings is 2. The van der Waals surface area contributed by atoms with Gasteiger partial charge in [0.05, 0.1) is 34.2 Å². The second kappa shape index (κ2) is 8.24. The van der Waals surface area contributed by atoms with Crippen LogP contribution in [0.2, 0.25) is 5.02 Å². The third-order valence-electron chi connectivity index (χ3n) is 5.32. The highest BCUT2D eigenvalue weighted by Crippen LogP contribution is 2.25. The predicted octanol–water partition coefficient (Wildman–Crippen LogP) is 2.68. The number of hydrogen-bond acceptors (Lipinski definition) is 7. The first kappa shape index (κ1) is 21.0. The molecule has 164 valence electrons. The Morgan fingerprint density at radius 3 is 2.56 bits per heavy atom. The van der Waals surface area contributed by atoms with Crippen LogP contribution in [0.25, 0.3) is 16.7 Å². The molecular formula is C20H17ClN6O3S2. The number of aromatic nitrogens is 4. The molecule has 5 rings (SSSR count). The third kappa shape index (κ3) is 3.66. The molecule has 3 heterocycles. The molecule has 0 radical (unpaired) electrons. The van der Waals surface area contributed by atoms with Gasteiger partial charge in [0.25, 0.3) is 5.91 Å². The smallest absolute Gasteiger partial charge is 0.257 e. The predicted molar refractivity (Wildman–Crippen MR) is 121 cm³/mol. The molecule has 1 aliphatic rings. The quantitative estimate of drug-likeness (QED) is 0.437. The van der Waals surface area contributed by atoms with E-state index in [0.717, 1.165) is 11.7 Å². The highest BCUT2D eigenvalue weighted by atomic mass is 35.5. The average molecular weight is 489 g/mol. The van der Waals surface area contributed by atoms with Gasteiger partial charge in [0.1, 0.15) is 15.9 Å². The molecular weight excluding hydrogens is 472 g/mol. The summed E-state index contributed by atoms with van der Waals surface area (Å²) in [4.78, 5) is 14.7. The lowest BCUT2D eigenvalue weighted by atomic mass is 10.2.